The highest BCUT2D eigenvalue weighted by atomic mass is 16.5. The second-order valence-electron chi connectivity index (χ2n) is 5.16. The zero-order valence-electron chi connectivity index (χ0n) is 13.6. The van der Waals surface area contributed by atoms with E-state index in [-0.39, 0.29) is 18.0 Å². The molecule has 0 atom stereocenters. The number of hydrogen-bond donors (Lipinski definition) is 2. The van der Waals surface area contributed by atoms with Gasteiger partial charge in [-0.1, -0.05) is 42.5 Å². The molecule has 128 valence electrons. The van der Waals surface area contributed by atoms with Gasteiger partial charge in [0, 0.05) is 6.20 Å². The van der Waals surface area contributed by atoms with Crippen LogP contribution in [-0.2, 0) is 11.3 Å². The number of para-hydroxylation sites is 1. The van der Waals surface area contributed by atoms with Crippen LogP contribution in [0.4, 0.5) is 5.69 Å². The second-order valence-corrected chi connectivity index (χ2v) is 5.16. The van der Waals surface area contributed by atoms with Crippen molar-refractivity contribution in [3.63, 3.8) is 0 Å². The molecule has 26 heavy (non-hydrogen) atoms. The first-order valence-corrected chi connectivity index (χ1v) is 7.68. The van der Waals surface area contributed by atoms with Gasteiger partial charge < -0.3 is 10.1 Å². The van der Waals surface area contributed by atoms with Crippen LogP contribution in [0.5, 0.6) is 0 Å². The smallest absolute Gasteiger partial charge is 0.340 e. The molecular formula is C18H14N6O2. The predicted octanol–water partition coefficient (Wildman–Crippen LogP) is 2.53. The van der Waals surface area contributed by atoms with Crippen molar-refractivity contribution in [2.75, 3.05) is 5.32 Å². The van der Waals surface area contributed by atoms with Gasteiger partial charge in [-0.15, -0.1) is 10.2 Å². The lowest BCUT2D eigenvalue weighted by Gasteiger charge is -2.09. The number of ether oxygens (including phenoxy) is 1. The van der Waals surface area contributed by atoms with Crippen LogP contribution < -0.4 is 5.32 Å². The monoisotopic (exact) mass is 346 g/mol. The van der Waals surface area contributed by atoms with Crippen molar-refractivity contribution in [2.24, 2.45) is 0 Å². The van der Waals surface area contributed by atoms with Gasteiger partial charge >= 0.3 is 5.97 Å². The van der Waals surface area contributed by atoms with E-state index in [0.29, 0.717) is 11.3 Å². The molecule has 0 saturated heterocycles. The average molecular weight is 346 g/mol. The van der Waals surface area contributed by atoms with Crippen molar-refractivity contribution in [1.82, 2.24) is 20.6 Å². The Morgan fingerprint density at radius 3 is 2.69 bits per heavy atom. The molecule has 8 heteroatoms. The lowest BCUT2D eigenvalue weighted by molar-refractivity contribution is 0.0474. The Balaban J connectivity index is 1.73. The fourth-order valence-corrected chi connectivity index (χ4v) is 2.16. The highest BCUT2D eigenvalue weighted by molar-refractivity contribution is 5.96. The van der Waals surface area contributed by atoms with Gasteiger partial charge in [-0.05, 0) is 22.9 Å². The molecule has 0 bridgehead atoms. The summed E-state index contributed by atoms with van der Waals surface area (Å²) in [5.74, 6) is -0.312. The van der Waals surface area contributed by atoms with E-state index < -0.39 is 5.97 Å². The molecule has 1 heterocycles. The summed E-state index contributed by atoms with van der Waals surface area (Å²) in [6, 6.07) is 18.2. The molecule has 0 unspecified atom stereocenters. The zero-order valence-corrected chi connectivity index (χ0v) is 13.6. The average Bonchev–Trinajstić information content (AvgIpc) is 3.22. The molecule has 3 rings (SSSR count). The van der Waals surface area contributed by atoms with Crippen molar-refractivity contribution in [3.8, 4) is 6.07 Å². The number of tetrazole rings is 1. The highest BCUT2D eigenvalue weighted by Crippen LogP contribution is 2.18. The Morgan fingerprint density at radius 2 is 1.96 bits per heavy atom. The minimum Gasteiger partial charge on any atom is -0.457 e. The number of nitrogens with zero attached hydrogens (tertiary/aromatic N) is 4. The van der Waals surface area contributed by atoms with Crippen molar-refractivity contribution in [3.05, 3.63) is 77.7 Å². The molecule has 2 aromatic carbocycles. The summed E-state index contributed by atoms with van der Waals surface area (Å²) in [7, 11) is 0. The van der Waals surface area contributed by atoms with Gasteiger partial charge in [0.15, 0.2) is 0 Å². The van der Waals surface area contributed by atoms with E-state index in [9.17, 15) is 10.1 Å². The van der Waals surface area contributed by atoms with E-state index in [2.05, 4.69) is 25.9 Å². The van der Waals surface area contributed by atoms with Crippen LogP contribution in [0.15, 0.2) is 60.8 Å². The third-order valence-electron chi connectivity index (χ3n) is 3.44. The van der Waals surface area contributed by atoms with E-state index in [0.717, 1.165) is 5.56 Å². The van der Waals surface area contributed by atoms with Crippen molar-refractivity contribution in [1.29, 1.82) is 5.26 Å². The van der Waals surface area contributed by atoms with Gasteiger partial charge in [-0.25, -0.2) is 4.79 Å². The molecule has 2 N–H and O–H groups in total. The van der Waals surface area contributed by atoms with Crippen molar-refractivity contribution >= 4 is 17.2 Å². The maximum atomic E-state index is 12.4. The topological polar surface area (TPSA) is 117 Å². The number of benzene rings is 2. The minimum atomic E-state index is -0.469. The molecule has 1 aromatic heterocycles. The summed E-state index contributed by atoms with van der Waals surface area (Å²) in [6.07, 6.45) is 1.41. The quantitative estimate of drug-likeness (QED) is 0.520. The van der Waals surface area contributed by atoms with Crippen LogP contribution in [0, 0.1) is 11.3 Å². The van der Waals surface area contributed by atoms with E-state index in [1.54, 1.807) is 24.3 Å². The van der Waals surface area contributed by atoms with E-state index >= 15 is 0 Å². The number of allylic oxidation sites excluding steroid dienone is 1. The number of esters is 1. The number of carbonyl (C=O) groups excluding carboxylic acids is 1. The highest BCUT2D eigenvalue weighted by Gasteiger charge is 2.13. The first-order chi connectivity index (χ1) is 12.8. The Bertz CT molecular complexity index is 945. The summed E-state index contributed by atoms with van der Waals surface area (Å²) in [4.78, 5) is 12.4. The van der Waals surface area contributed by atoms with E-state index in [1.165, 1.54) is 6.20 Å². The van der Waals surface area contributed by atoms with Gasteiger partial charge in [0.1, 0.15) is 18.2 Å². The third kappa shape index (κ3) is 4.10. The number of rotatable bonds is 6. The Hall–Kier alpha value is -3.99. The molecule has 0 radical (unpaired) electrons. The number of aromatic nitrogens is 4. The van der Waals surface area contributed by atoms with Crippen LogP contribution in [0.2, 0.25) is 0 Å². The maximum absolute atomic E-state index is 12.4. The number of nitrogens with one attached hydrogen (secondary N) is 2. The predicted molar refractivity (Wildman–Crippen MR) is 93.4 cm³/mol. The van der Waals surface area contributed by atoms with Gasteiger partial charge in [-0.3, -0.25) is 0 Å². The number of aromatic amines is 1. The normalized spacial score (nSPS) is 10.8. The maximum Gasteiger partial charge on any atom is 0.340 e. The molecular weight excluding hydrogens is 332 g/mol. The first-order valence-electron chi connectivity index (χ1n) is 7.68. The number of anilines is 1. The van der Waals surface area contributed by atoms with Gasteiger partial charge in [0.05, 0.1) is 11.3 Å². The van der Waals surface area contributed by atoms with E-state index in [4.69, 9.17) is 4.74 Å². The number of nitriles is 1. The summed E-state index contributed by atoms with van der Waals surface area (Å²) in [5, 5.41) is 25.3. The molecule has 3 aromatic rings. The summed E-state index contributed by atoms with van der Waals surface area (Å²) in [5.41, 5.74) is 1.92. The summed E-state index contributed by atoms with van der Waals surface area (Å²) in [6.45, 7) is 0.177. The number of hydrogen-bond acceptors (Lipinski definition) is 7. The van der Waals surface area contributed by atoms with Gasteiger partial charge in [0.2, 0.25) is 5.82 Å². The van der Waals surface area contributed by atoms with Crippen LogP contribution >= 0.6 is 0 Å². The fourth-order valence-electron chi connectivity index (χ4n) is 2.16. The molecule has 0 aliphatic rings. The Labute approximate surface area is 149 Å². The van der Waals surface area contributed by atoms with Crippen LogP contribution in [0.25, 0.3) is 5.57 Å². The van der Waals surface area contributed by atoms with Crippen LogP contribution in [-0.4, -0.2) is 26.6 Å². The van der Waals surface area contributed by atoms with Crippen molar-refractivity contribution in [2.45, 2.75) is 6.61 Å². The van der Waals surface area contributed by atoms with Crippen LogP contribution in [0.3, 0.4) is 0 Å². The van der Waals surface area contributed by atoms with Crippen LogP contribution in [0.1, 0.15) is 21.7 Å². The first kappa shape index (κ1) is 16.9. The largest absolute Gasteiger partial charge is 0.457 e. The van der Waals surface area contributed by atoms with Gasteiger partial charge in [0.25, 0.3) is 0 Å². The fraction of sp³-hybridized carbons (Fsp3) is 0.0556. The van der Waals surface area contributed by atoms with Gasteiger partial charge in [-0.2, -0.15) is 10.5 Å². The van der Waals surface area contributed by atoms with E-state index in [1.807, 2.05) is 36.4 Å². The molecule has 0 aliphatic carbocycles. The molecule has 0 amide bonds. The lowest BCUT2D eigenvalue weighted by atomic mass is 10.1. The number of H-pyrrole nitrogens is 1. The molecule has 0 saturated carbocycles. The molecule has 0 aliphatic heterocycles. The minimum absolute atomic E-state index is 0.157. The molecule has 0 spiro atoms. The second kappa shape index (κ2) is 8.21. The van der Waals surface area contributed by atoms with Crippen molar-refractivity contribution < 1.29 is 9.53 Å². The molecule has 0 fully saturated rings. The standard InChI is InChI=1S/C18H14N6O2/c19-10-14(17-21-23-24-22-17)11-20-16-9-5-4-8-15(16)18(25)26-12-13-6-2-1-3-7-13/h1-9,11,20H,12H2,(H,21,22,23,24). The zero-order chi connectivity index (χ0) is 18.2. The Morgan fingerprint density at radius 1 is 1.19 bits per heavy atom. The third-order valence-corrected chi connectivity index (χ3v) is 3.44. The summed E-state index contributed by atoms with van der Waals surface area (Å²) < 4.78 is 5.36. The summed E-state index contributed by atoms with van der Waals surface area (Å²) >= 11 is 0. The Kier molecular flexibility index (Phi) is 5.32. The lowest BCUT2D eigenvalue weighted by Crippen LogP contribution is -2.08. The SMILES string of the molecule is N#CC(=CNc1ccccc1C(=O)OCc1ccccc1)c1nn[nH]n1. The number of carbonyl (C=O) groups is 1. The molecule has 8 nitrogen and oxygen atoms in total.